The van der Waals surface area contributed by atoms with E-state index in [2.05, 4.69) is 16.8 Å². The number of carbonyl (C=O) groups excluding carboxylic acids is 1. The van der Waals surface area contributed by atoms with Crippen molar-refractivity contribution in [1.29, 1.82) is 0 Å². The number of hydrogen-bond acceptors (Lipinski definition) is 3. The van der Waals surface area contributed by atoms with Crippen molar-refractivity contribution in [3.05, 3.63) is 24.0 Å². The maximum atomic E-state index is 10.6. The third-order valence-electron chi connectivity index (χ3n) is 3.31. The third kappa shape index (κ3) is 2.40. The van der Waals surface area contributed by atoms with Gasteiger partial charge in [-0.1, -0.05) is 6.92 Å². The number of carbonyl (C=O) groups is 1. The molecule has 0 N–H and O–H groups in total. The minimum Gasteiger partial charge on any atom is -0.371 e. The van der Waals surface area contributed by atoms with Gasteiger partial charge in [0.05, 0.1) is 0 Å². The Balaban J connectivity index is 2.16. The molecule has 0 amide bonds. The lowest BCUT2D eigenvalue weighted by Gasteiger charge is -2.33. The molecule has 0 atom stereocenters. The number of aldehydes is 1. The minimum atomic E-state index is 0.467. The standard InChI is InChI=1S/C13H18N2O/c1-11-3-7-15(8-4-11)13-2-6-14-10-12(13)5-9-16/h2,6,9-11H,3-5,7-8H2,1H3. The molecule has 1 aromatic heterocycles. The summed E-state index contributed by atoms with van der Waals surface area (Å²) in [5.41, 5.74) is 2.24. The van der Waals surface area contributed by atoms with Gasteiger partial charge in [-0.25, -0.2) is 0 Å². The van der Waals surface area contributed by atoms with E-state index in [0.717, 1.165) is 30.9 Å². The van der Waals surface area contributed by atoms with Crippen LogP contribution in [0.4, 0.5) is 5.69 Å². The number of rotatable bonds is 3. The molecule has 86 valence electrons. The molecular weight excluding hydrogens is 200 g/mol. The highest BCUT2D eigenvalue weighted by molar-refractivity contribution is 5.63. The molecule has 3 nitrogen and oxygen atoms in total. The van der Waals surface area contributed by atoms with Gasteiger partial charge in [-0.15, -0.1) is 0 Å². The number of hydrogen-bond donors (Lipinski definition) is 0. The SMILES string of the molecule is CC1CCN(c2ccncc2CC=O)CC1. The van der Waals surface area contributed by atoms with Crippen LogP contribution in [0.5, 0.6) is 0 Å². The van der Waals surface area contributed by atoms with Gasteiger partial charge in [-0.3, -0.25) is 4.98 Å². The lowest BCUT2D eigenvalue weighted by atomic mass is 9.98. The van der Waals surface area contributed by atoms with Crippen LogP contribution in [-0.2, 0) is 11.2 Å². The first-order valence-electron chi connectivity index (χ1n) is 5.92. The van der Waals surface area contributed by atoms with Crippen molar-refractivity contribution >= 4 is 12.0 Å². The first-order valence-corrected chi connectivity index (χ1v) is 5.92. The molecule has 0 aromatic carbocycles. The van der Waals surface area contributed by atoms with E-state index < -0.39 is 0 Å². The number of pyridine rings is 1. The maximum Gasteiger partial charge on any atom is 0.124 e. The monoisotopic (exact) mass is 218 g/mol. The van der Waals surface area contributed by atoms with Crippen LogP contribution < -0.4 is 4.90 Å². The van der Waals surface area contributed by atoms with E-state index in [-0.39, 0.29) is 0 Å². The van der Waals surface area contributed by atoms with Gasteiger partial charge in [-0.05, 0) is 24.8 Å². The van der Waals surface area contributed by atoms with E-state index in [1.165, 1.54) is 18.5 Å². The lowest BCUT2D eigenvalue weighted by molar-refractivity contribution is -0.107. The summed E-state index contributed by atoms with van der Waals surface area (Å²) in [6, 6.07) is 2.02. The van der Waals surface area contributed by atoms with Crippen LogP contribution in [0.3, 0.4) is 0 Å². The molecule has 0 saturated carbocycles. The molecule has 2 heterocycles. The Morgan fingerprint density at radius 3 is 2.94 bits per heavy atom. The fourth-order valence-electron chi connectivity index (χ4n) is 2.22. The lowest BCUT2D eigenvalue weighted by Crippen LogP contribution is -2.33. The molecule has 0 bridgehead atoms. The van der Waals surface area contributed by atoms with Crippen LogP contribution in [0.1, 0.15) is 25.3 Å². The highest BCUT2D eigenvalue weighted by Crippen LogP contribution is 2.25. The van der Waals surface area contributed by atoms with Crippen molar-refractivity contribution in [3.8, 4) is 0 Å². The quantitative estimate of drug-likeness (QED) is 0.728. The number of anilines is 1. The largest absolute Gasteiger partial charge is 0.371 e. The summed E-state index contributed by atoms with van der Waals surface area (Å²) in [7, 11) is 0. The van der Waals surface area contributed by atoms with Gasteiger partial charge in [0.1, 0.15) is 6.29 Å². The molecule has 1 saturated heterocycles. The molecular formula is C13H18N2O. The highest BCUT2D eigenvalue weighted by atomic mass is 16.1. The highest BCUT2D eigenvalue weighted by Gasteiger charge is 2.17. The molecule has 3 heteroatoms. The molecule has 0 radical (unpaired) electrons. The van der Waals surface area contributed by atoms with Crippen molar-refractivity contribution in [1.82, 2.24) is 4.98 Å². The number of nitrogens with zero attached hydrogens (tertiary/aromatic N) is 2. The third-order valence-corrected chi connectivity index (χ3v) is 3.31. The van der Waals surface area contributed by atoms with Crippen molar-refractivity contribution in [3.63, 3.8) is 0 Å². The van der Waals surface area contributed by atoms with Crippen LogP contribution >= 0.6 is 0 Å². The van der Waals surface area contributed by atoms with Gasteiger partial charge in [0.2, 0.25) is 0 Å². The summed E-state index contributed by atoms with van der Waals surface area (Å²) in [5.74, 6) is 0.826. The Labute approximate surface area is 96.5 Å². The van der Waals surface area contributed by atoms with Crippen LogP contribution in [0.2, 0.25) is 0 Å². The molecule has 1 aliphatic rings. The fraction of sp³-hybridized carbons (Fsp3) is 0.538. The van der Waals surface area contributed by atoms with Gasteiger partial charge in [0.15, 0.2) is 0 Å². The topological polar surface area (TPSA) is 33.2 Å². The zero-order chi connectivity index (χ0) is 11.4. The summed E-state index contributed by atoms with van der Waals surface area (Å²) >= 11 is 0. The predicted molar refractivity (Wildman–Crippen MR) is 64.6 cm³/mol. The molecule has 2 rings (SSSR count). The molecule has 0 aliphatic carbocycles. The Kier molecular flexibility index (Phi) is 3.54. The number of piperidine rings is 1. The Morgan fingerprint density at radius 2 is 2.25 bits per heavy atom. The van der Waals surface area contributed by atoms with Crippen molar-refractivity contribution in [2.45, 2.75) is 26.2 Å². The Hall–Kier alpha value is -1.38. The Morgan fingerprint density at radius 1 is 1.50 bits per heavy atom. The van der Waals surface area contributed by atoms with Gasteiger partial charge in [0.25, 0.3) is 0 Å². The second-order valence-corrected chi connectivity index (χ2v) is 4.54. The van der Waals surface area contributed by atoms with Gasteiger partial charge < -0.3 is 9.69 Å². The second kappa shape index (κ2) is 5.10. The molecule has 1 aliphatic heterocycles. The molecule has 1 fully saturated rings. The van der Waals surface area contributed by atoms with Crippen molar-refractivity contribution in [2.75, 3.05) is 18.0 Å². The van der Waals surface area contributed by atoms with Gasteiger partial charge >= 0.3 is 0 Å². The molecule has 16 heavy (non-hydrogen) atoms. The van der Waals surface area contributed by atoms with Crippen molar-refractivity contribution in [2.24, 2.45) is 5.92 Å². The second-order valence-electron chi connectivity index (χ2n) is 4.54. The summed E-state index contributed by atoms with van der Waals surface area (Å²) in [6.45, 7) is 4.49. The van der Waals surface area contributed by atoms with Gasteiger partial charge in [-0.2, -0.15) is 0 Å². The first-order chi connectivity index (χ1) is 7.81. The first kappa shape index (κ1) is 11.1. The van der Waals surface area contributed by atoms with Crippen LogP contribution in [-0.4, -0.2) is 24.4 Å². The van der Waals surface area contributed by atoms with Crippen LogP contribution in [0.25, 0.3) is 0 Å². The zero-order valence-electron chi connectivity index (χ0n) is 9.72. The zero-order valence-corrected chi connectivity index (χ0v) is 9.72. The number of aromatic nitrogens is 1. The fourth-order valence-corrected chi connectivity index (χ4v) is 2.22. The summed E-state index contributed by atoms with van der Waals surface area (Å²) < 4.78 is 0. The van der Waals surface area contributed by atoms with E-state index in [1.807, 2.05) is 18.5 Å². The molecule has 0 unspecified atom stereocenters. The maximum absolute atomic E-state index is 10.6. The van der Waals surface area contributed by atoms with E-state index in [4.69, 9.17) is 0 Å². The normalized spacial score (nSPS) is 17.4. The van der Waals surface area contributed by atoms with Crippen LogP contribution in [0, 0.1) is 5.92 Å². The summed E-state index contributed by atoms with van der Waals surface area (Å²) in [5, 5.41) is 0. The molecule has 1 aromatic rings. The van der Waals surface area contributed by atoms with E-state index >= 15 is 0 Å². The van der Waals surface area contributed by atoms with Gasteiger partial charge in [0, 0.05) is 43.2 Å². The minimum absolute atomic E-state index is 0.467. The summed E-state index contributed by atoms with van der Waals surface area (Å²) in [4.78, 5) is 17.1. The molecule has 0 spiro atoms. The Bertz CT molecular complexity index is 357. The average Bonchev–Trinajstić information content (AvgIpc) is 2.32. The van der Waals surface area contributed by atoms with E-state index in [1.54, 1.807) is 0 Å². The predicted octanol–water partition coefficient (Wildman–Crippen LogP) is 2.06. The summed E-state index contributed by atoms with van der Waals surface area (Å²) in [6.07, 6.45) is 7.51. The smallest absolute Gasteiger partial charge is 0.124 e. The van der Waals surface area contributed by atoms with Crippen molar-refractivity contribution < 1.29 is 4.79 Å². The van der Waals surface area contributed by atoms with Crippen LogP contribution in [0.15, 0.2) is 18.5 Å². The van der Waals surface area contributed by atoms with E-state index in [9.17, 15) is 4.79 Å². The van der Waals surface area contributed by atoms with E-state index in [0.29, 0.717) is 6.42 Å². The average molecular weight is 218 g/mol.